The maximum atomic E-state index is 11.0. The maximum Gasteiger partial charge on any atom is 0.307 e. The molecule has 6 heteroatoms. The zero-order valence-corrected chi connectivity index (χ0v) is 8.28. The molecule has 1 rings (SSSR count). The molecule has 0 spiro atoms. The van der Waals surface area contributed by atoms with Gasteiger partial charge in [0.25, 0.3) is 0 Å². The molecule has 0 radical (unpaired) electrons. The van der Waals surface area contributed by atoms with E-state index < -0.39 is 15.8 Å². The van der Waals surface area contributed by atoms with Crippen molar-refractivity contribution in [2.24, 2.45) is 0 Å². The number of sulfone groups is 1. The summed E-state index contributed by atoms with van der Waals surface area (Å²) >= 11 is 0. The van der Waals surface area contributed by atoms with E-state index in [-0.39, 0.29) is 11.4 Å². The predicted molar refractivity (Wildman–Crippen MR) is 48.7 cm³/mol. The lowest BCUT2D eigenvalue weighted by Crippen LogP contribution is -2.03. The SMILES string of the molecule is CS(=O)(=O)c1ccc(CC(=O)O)cn1. The van der Waals surface area contributed by atoms with Crippen LogP contribution in [0.3, 0.4) is 0 Å². The molecule has 1 aromatic heterocycles. The Morgan fingerprint density at radius 1 is 1.50 bits per heavy atom. The molecule has 76 valence electrons. The fourth-order valence-electron chi connectivity index (χ4n) is 0.909. The summed E-state index contributed by atoms with van der Waals surface area (Å²) in [5.74, 6) is -0.973. The van der Waals surface area contributed by atoms with Crippen molar-refractivity contribution in [3.63, 3.8) is 0 Å². The Labute approximate surface area is 81.3 Å². The molecule has 5 nitrogen and oxygen atoms in total. The molecule has 0 atom stereocenters. The van der Waals surface area contributed by atoms with Crippen LogP contribution in [0.1, 0.15) is 5.56 Å². The lowest BCUT2D eigenvalue weighted by atomic mass is 10.2. The number of carboxylic acid groups (broad SMARTS) is 1. The van der Waals surface area contributed by atoms with Gasteiger partial charge in [0, 0.05) is 12.5 Å². The fraction of sp³-hybridized carbons (Fsp3) is 0.250. The van der Waals surface area contributed by atoms with Crippen LogP contribution in [0.25, 0.3) is 0 Å². The Kier molecular flexibility index (Phi) is 2.85. The summed E-state index contributed by atoms with van der Waals surface area (Å²) in [4.78, 5) is 14.0. The third kappa shape index (κ3) is 2.81. The van der Waals surface area contributed by atoms with E-state index in [1.54, 1.807) is 0 Å². The normalized spacial score (nSPS) is 11.2. The predicted octanol–water partition coefficient (Wildman–Crippen LogP) is 0.112. The van der Waals surface area contributed by atoms with Gasteiger partial charge < -0.3 is 5.11 Å². The Bertz CT molecular complexity index is 435. The minimum absolute atomic E-state index is 0.0494. The molecular formula is C8H9NO4S. The van der Waals surface area contributed by atoms with E-state index in [2.05, 4.69) is 4.98 Å². The van der Waals surface area contributed by atoms with Crippen LogP contribution in [0.15, 0.2) is 23.4 Å². The molecule has 0 amide bonds. The van der Waals surface area contributed by atoms with E-state index in [4.69, 9.17) is 5.11 Å². The van der Waals surface area contributed by atoms with Gasteiger partial charge in [-0.3, -0.25) is 4.79 Å². The van der Waals surface area contributed by atoms with E-state index in [9.17, 15) is 13.2 Å². The van der Waals surface area contributed by atoms with Gasteiger partial charge in [0.1, 0.15) is 0 Å². The largest absolute Gasteiger partial charge is 0.481 e. The summed E-state index contributed by atoms with van der Waals surface area (Å²) in [5, 5.41) is 8.40. The molecular weight excluding hydrogens is 206 g/mol. The van der Waals surface area contributed by atoms with Crippen molar-refractivity contribution in [2.75, 3.05) is 6.26 Å². The highest BCUT2D eigenvalue weighted by Crippen LogP contribution is 2.06. The number of aromatic nitrogens is 1. The van der Waals surface area contributed by atoms with Crippen LogP contribution in [0.4, 0.5) is 0 Å². The van der Waals surface area contributed by atoms with E-state index in [1.165, 1.54) is 18.3 Å². The molecule has 0 unspecified atom stereocenters. The van der Waals surface area contributed by atoms with Gasteiger partial charge in [-0.25, -0.2) is 13.4 Å². The quantitative estimate of drug-likeness (QED) is 0.773. The van der Waals surface area contributed by atoms with Crippen LogP contribution in [0.2, 0.25) is 0 Å². The highest BCUT2D eigenvalue weighted by Gasteiger charge is 2.08. The van der Waals surface area contributed by atoms with Crippen LogP contribution < -0.4 is 0 Å². The van der Waals surface area contributed by atoms with Gasteiger partial charge in [-0.15, -0.1) is 0 Å². The van der Waals surface area contributed by atoms with Crippen molar-refractivity contribution in [3.8, 4) is 0 Å². The van der Waals surface area contributed by atoms with E-state index in [0.717, 1.165) is 6.26 Å². The highest BCUT2D eigenvalue weighted by atomic mass is 32.2. The molecule has 0 aromatic carbocycles. The standard InChI is InChI=1S/C8H9NO4S/c1-14(12,13)7-3-2-6(5-9-7)4-8(10)11/h2-3,5H,4H2,1H3,(H,10,11). The lowest BCUT2D eigenvalue weighted by molar-refractivity contribution is -0.136. The number of nitrogens with zero attached hydrogens (tertiary/aromatic N) is 1. The fourth-order valence-corrected chi connectivity index (χ4v) is 1.47. The first-order valence-electron chi connectivity index (χ1n) is 3.76. The molecule has 14 heavy (non-hydrogen) atoms. The summed E-state index contributed by atoms with van der Waals surface area (Å²) in [5.41, 5.74) is 0.477. The first-order chi connectivity index (χ1) is 6.39. The Hall–Kier alpha value is -1.43. The van der Waals surface area contributed by atoms with Crippen molar-refractivity contribution in [1.29, 1.82) is 0 Å². The molecule has 0 bridgehead atoms. The Balaban J connectivity index is 2.95. The van der Waals surface area contributed by atoms with Gasteiger partial charge in [-0.1, -0.05) is 6.07 Å². The highest BCUT2D eigenvalue weighted by molar-refractivity contribution is 7.90. The maximum absolute atomic E-state index is 11.0. The Morgan fingerprint density at radius 3 is 2.50 bits per heavy atom. The second-order valence-electron chi connectivity index (χ2n) is 2.85. The third-order valence-corrected chi connectivity index (χ3v) is 2.53. The molecule has 1 N–H and O–H groups in total. The van der Waals surface area contributed by atoms with Gasteiger partial charge in [-0.05, 0) is 11.6 Å². The molecule has 0 saturated heterocycles. The summed E-state index contributed by atoms with van der Waals surface area (Å²) in [6.45, 7) is 0. The number of carboxylic acids is 1. The molecule has 0 saturated carbocycles. The second kappa shape index (κ2) is 3.75. The van der Waals surface area contributed by atoms with Crippen molar-refractivity contribution < 1.29 is 18.3 Å². The molecule has 0 aliphatic rings. The van der Waals surface area contributed by atoms with Crippen molar-refractivity contribution in [2.45, 2.75) is 11.4 Å². The second-order valence-corrected chi connectivity index (χ2v) is 4.81. The number of carbonyl (C=O) groups is 1. The van der Waals surface area contributed by atoms with Gasteiger partial charge in [0.15, 0.2) is 14.9 Å². The van der Waals surface area contributed by atoms with Crippen LogP contribution in [-0.4, -0.2) is 30.7 Å². The van der Waals surface area contributed by atoms with Crippen LogP contribution in [0.5, 0.6) is 0 Å². The minimum Gasteiger partial charge on any atom is -0.481 e. The van der Waals surface area contributed by atoms with Crippen molar-refractivity contribution >= 4 is 15.8 Å². The number of rotatable bonds is 3. The smallest absolute Gasteiger partial charge is 0.307 e. The number of hydrogen-bond donors (Lipinski definition) is 1. The van der Waals surface area contributed by atoms with Gasteiger partial charge in [0.2, 0.25) is 0 Å². The third-order valence-electron chi connectivity index (χ3n) is 1.53. The van der Waals surface area contributed by atoms with Crippen molar-refractivity contribution in [3.05, 3.63) is 23.9 Å². The average molecular weight is 215 g/mol. The Morgan fingerprint density at radius 2 is 2.14 bits per heavy atom. The van der Waals surface area contributed by atoms with Gasteiger partial charge in [0.05, 0.1) is 6.42 Å². The summed E-state index contributed by atoms with van der Waals surface area (Å²) in [6.07, 6.45) is 2.15. The first-order valence-corrected chi connectivity index (χ1v) is 5.65. The zero-order chi connectivity index (χ0) is 10.8. The number of pyridine rings is 1. The monoisotopic (exact) mass is 215 g/mol. The number of hydrogen-bond acceptors (Lipinski definition) is 4. The van der Waals surface area contributed by atoms with E-state index in [1.807, 2.05) is 0 Å². The summed E-state index contributed by atoms with van der Waals surface area (Å²) in [7, 11) is -3.31. The first kappa shape index (κ1) is 10.6. The van der Waals surface area contributed by atoms with Crippen LogP contribution in [-0.2, 0) is 21.1 Å². The van der Waals surface area contributed by atoms with Crippen molar-refractivity contribution in [1.82, 2.24) is 4.98 Å². The molecule has 1 heterocycles. The van der Waals surface area contributed by atoms with E-state index in [0.29, 0.717) is 5.56 Å². The topological polar surface area (TPSA) is 84.3 Å². The molecule has 1 aromatic rings. The van der Waals surface area contributed by atoms with Gasteiger partial charge >= 0.3 is 5.97 Å². The molecule has 0 fully saturated rings. The lowest BCUT2D eigenvalue weighted by Gasteiger charge is -1.98. The summed E-state index contributed by atoms with van der Waals surface area (Å²) < 4.78 is 22.0. The molecule has 0 aliphatic carbocycles. The molecule has 0 aliphatic heterocycles. The zero-order valence-electron chi connectivity index (χ0n) is 7.47. The van der Waals surface area contributed by atoms with E-state index >= 15 is 0 Å². The average Bonchev–Trinajstić information content (AvgIpc) is 2.02. The minimum atomic E-state index is -3.31. The summed E-state index contributed by atoms with van der Waals surface area (Å²) in [6, 6.07) is 2.74. The number of aliphatic carboxylic acids is 1. The van der Waals surface area contributed by atoms with Crippen LogP contribution in [0, 0.1) is 0 Å². The van der Waals surface area contributed by atoms with Gasteiger partial charge in [-0.2, -0.15) is 0 Å². The van der Waals surface area contributed by atoms with Crippen LogP contribution >= 0.6 is 0 Å².